The molecule has 0 aliphatic carbocycles. The van der Waals surface area contributed by atoms with Crippen LogP contribution in [-0.2, 0) is 0 Å². The number of carbonyl (C=O) groups is 1. The van der Waals surface area contributed by atoms with Gasteiger partial charge in [-0.1, -0.05) is 42.5 Å². The first-order chi connectivity index (χ1) is 11.9. The summed E-state index contributed by atoms with van der Waals surface area (Å²) in [5.41, 5.74) is -3.77. The van der Waals surface area contributed by atoms with Gasteiger partial charge < -0.3 is 10.6 Å². The van der Waals surface area contributed by atoms with E-state index in [1.807, 2.05) is 30.3 Å². The lowest BCUT2D eigenvalue weighted by atomic mass is 10.1. The van der Waals surface area contributed by atoms with Crippen LogP contribution in [0.3, 0.4) is 0 Å². The van der Waals surface area contributed by atoms with Crippen molar-refractivity contribution >= 4 is 39.9 Å². The molecule has 0 heterocycles. The van der Waals surface area contributed by atoms with E-state index < -0.39 is 11.5 Å². The van der Waals surface area contributed by atoms with Crippen LogP contribution in [0, 0.1) is 0 Å². The molecule has 128 valence electrons. The Labute approximate surface area is 146 Å². The van der Waals surface area contributed by atoms with Crippen molar-refractivity contribution in [2.24, 2.45) is 0 Å². The number of alkyl halides is 3. The normalized spacial score (nSPS) is 11.3. The standard InChI is InChI=1S/C18H13F3N2OS/c19-18(20,21)25-16-8-4-3-7-15(16)23-17(24)22-14-10-9-12-5-1-2-6-13(12)11-14/h1-11H,(H2,22,23,24). The summed E-state index contributed by atoms with van der Waals surface area (Å²) in [7, 11) is 0. The van der Waals surface area contributed by atoms with E-state index in [1.54, 1.807) is 18.2 Å². The van der Waals surface area contributed by atoms with E-state index in [4.69, 9.17) is 0 Å². The molecule has 0 saturated carbocycles. The number of carbonyl (C=O) groups excluding carboxylic acids is 1. The van der Waals surface area contributed by atoms with E-state index in [1.165, 1.54) is 18.2 Å². The highest BCUT2D eigenvalue weighted by molar-refractivity contribution is 8.00. The van der Waals surface area contributed by atoms with E-state index >= 15 is 0 Å². The van der Waals surface area contributed by atoms with Gasteiger partial charge in [0.05, 0.1) is 5.69 Å². The zero-order valence-corrected chi connectivity index (χ0v) is 13.6. The summed E-state index contributed by atoms with van der Waals surface area (Å²) < 4.78 is 37.8. The number of benzene rings is 3. The van der Waals surface area contributed by atoms with Gasteiger partial charge in [0, 0.05) is 10.6 Å². The van der Waals surface area contributed by atoms with Crippen LogP contribution >= 0.6 is 11.8 Å². The molecule has 0 atom stereocenters. The summed E-state index contributed by atoms with van der Waals surface area (Å²) in [6.07, 6.45) is 0. The molecule has 0 spiro atoms. The third-order valence-electron chi connectivity index (χ3n) is 3.37. The number of halogens is 3. The van der Waals surface area contributed by atoms with Gasteiger partial charge >= 0.3 is 11.5 Å². The predicted molar refractivity (Wildman–Crippen MR) is 94.9 cm³/mol. The summed E-state index contributed by atoms with van der Waals surface area (Å²) in [5.74, 6) is 0. The van der Waals surface area contributed by atoms with Gasteiger partial charge in [-0.05, 0) is 46.8 Å². The average Bonchev–Trinajstić information content (AvgIpc) is 2.55. The smallest absolute Gasteiger partial charge is 0.308 e. The zero-order valence-electron chi connectivity index (χ0n) is 12.8. The number of anilines is 2. The zero-order chi connectivity index (χ0) is 17.9. The minimum Gasteiger partial charge on any atom is -0.308 e. The summed E-state index contributed by atoms with van der Waals surface area (Å²) >= 11 is -0.265. The maximum absolute atomic E-state index is 12.6. The Bertz CT molecular complexity index is 912. The third-order valence-corrected chi connectivity index (χ3v) is 4.18. The monoisotopic (exact) mass is 362 g/mol. The van der Waals surface area contributed by atoms with Gasteiger partial charge in [0.2, 0.25) is 0 Å². The van der Waals surface area contributed by atoms with E-state index in [0.29, 0.717) is 5.69 Å². The summed E-state index contributed by atoms with van der Waals surface area (Å²) in [5, 5.41) is 7.07. The fourth-order valence-electron chi connectivity index (χ4n) is 2.34. The van der Waals surface area contributed by atoms with Gasteiger partial charge in [-0.2, -0.15) is 13.2 Å². The van der Waals surface area contributed by atoms with Crippen LogP contribution in [0.5, 0.6) is 0 Å². The Morgan fingerprint density at radius 3 is 2.28 bits per heavy atom. The second kappa shape index (κ2) is 7.06. The lowest BCUT2D eigenvalue weighted by molar-refractivity contribution is -0.0328. The van der Waals surface area contributed by atoms with E-state index in [0.717, 1.165) is 10.8 Å². The molecule has 0 saturated heterocycles. The van der Waals surface area contributed by atoms with Crippen molar-refractivity contribution < 1.29 is 18.0 Å². The molecule has 2 amide bonds. The van der Waals surface area contributed by atoms with Crippen molar-refractivity contribution in [1.82, 2.24) is 0 Å². The highest BCUT2D eigenvalue weighted by atomic mass is 32.2. The molecule has 2 N–H and O–H groups in total. The van der Waals surface area contributed by atoms with Crippen molar-refractivity contribution in [1.29, 1.82) is 0 Å². The van der Waals surface area contributed by atoms with Gasteiger partial charge in [-0.3, -0.25) is 0 Å². The predicted octanol–water partition coefficient (Wildman–Crippen LogP) is 6.10. The summed E-state index contributed by atoms with van der Waals surface area (Å²) in [6, 6.07) is 18.2. The maximum Gasteiger partial charge on any atom is 0.446 e. The topological polar surface area (TPSA) is 41.1 Å². The number of rotatable bonds is 3. The van der Waals surface area contributed by atoms with Crippen LogP contribution in [0.25, 0.3) is 10.8 Å². The number of amides is 2. The van der Waals surface area contributed by atoms with Gasteiger partial charge in [0.15, 0.2) is 0 Å². The van der Waals surface area contributed by atoms with Crippen molar-refractivity contribution in [2.45, 2.75) is 10.4 Å². The van der Waals surface area contributed by atoms with Crippen LogP contribution in [-0.4, -0.2) is 11.5 Å². The number of thioether (sulfide) groups is 1. The molecule has 0 fully saturated rings. The number of nitrogens with one attached hydrogen (secondary N) is 2. The first-order valence-electron chi connectivity index (χ1n) is 7.32. The van der Waals surface area contributed by atoms with E-state index in [9.17, 15) is 18.0 Å². The Morgan fingerprint density at radius 2 is 1.52 bits per heavy atom. The number of hydrogen-bond acceptors (Lipinski definition) is 2. The molecule has 3 nitrogen and oxygen atoms in total. The van der Waals surface area contributed by atoms with Gasteiger partial charge in [0.25, 0.3) is 0 Å². The first-order valence-corrected chi connectivity index (χ1v) is 8.14. The fourth-order valence-corrected chi connectivity index (χ4v) is 2.96. The lowest BCUT2D eigenvalue weighted by Gasteiger charge is -2.13. The largest absolute Gasteiger partial charge is 0.446 e. The van der Waals surface area contributed by atoms with Gasteiger partial charge in [-0.15, -0.1) is 0 Å². The molecule has 25 heavy (non-hydrogen) atoms. The van der Waals surface area contributed by atoms with Gasteiger partial charge in [-0.25, -0.2) is 4.79 Å². The highest BCUT2D eigenvalue weighted by Crippen LogP contribution is 2.40. The Kier molecular flexibility index (Phi) is 4.85. The second-order valence-corrected chi connectivity index (χ2v) is 6.29. The van der Waals surface area contributed by atoms with Crippen LogP contribution < -0.4 is 10.6 Å². The van der Waals surface area contributed by atoms with Crippen molar-refractivity contribution in [3.63, 3.8) is 0 Å². The molecule has 7 heteroatoms. The molecule has 3 aromatic carbocycles. The van der Waals surface area contributed by atoms with Crippen LogP contribution in [0.1, 0.15) is 0 Å². The maximum atomic E-state index is 12.6. The second-order valence-electron chi connectivity index (χ2n) is 5.19. The number of hydrogen-bond donors (Lipinski definition) is 2. The Hall–Kier alpha value is -2.67. The number of para-hydroxylation sites is 1. The third kappa shape index (κ3) is 4.67. The van der Waals surface area contributed by atoms with Gasteiger partial charge in [0.1, 0.15) is 0 Å². The SMILES string of the molecule is O=C(Nc1ccc2ccccc2c1)Nc1ccccc1SC(F)(F)F. The fraction of sp³-hybridized carbons (Fsp3) is 0.0556. The first kappa shape index (κ1) is 17.2. The molecule has 0 radical (unpaired) electrons. The van der Waals surface area contributed by atoms with Crippen LogP contribution in [0.15, 0.2) is 71.6 Å². The van der Waals surface area contributed by atoms with Crippen molar-refractivity contribution in [3.05, 3.63) is 66.7 Å². The number of urea groups is 1. The minimum absolute atomic E-state index is 0.0661. The highest BCUT2D eigenvalue weighted by Gasteiger charge is 2.30. The number of fused-ring (bicyclic) bond motifs is 1. The molecule has 0 aliphatic rings. The Balaban J connectivity index is 1.74. The van der Waals surface area contributed by atoms with E-state index in [2.05, 4.69) is 10.6 Å². The molecule has 3 aromatic rings. The van der Waals surface area contributed by atoms with Crippen molar-refractivity contribution in [3.8, 4) is 0 Å². The molecule has 0 unspecified atom stereocenters. The van der Waals surface area contributed by atoms with Crippen molar-refractivity contribution in [2.75, 3.05) is 10.6 Å². The molecular formula is C18H13F3N2OS. The average molecular weight is 362 g/mol. The lowest BCUT2D eigenvalue weighted by Crippen LogP contribution is -2.20. The summed E-state index contributed by atoms with van der Waals surface area (Å²) in [4.78, 5) is 12.1. The molecule has 0 bridgehead atoms. The minimum atomic E-state index is -4.42. The van der Waals surface area contributed by atoms with Crippen LogP contribution in [0.4, 0.5) is 29.3 Å². The van der Waals surface area contributed by atoms with Crippen LogP contribution in [0.2, 0.25) is 0 Å². The molecule has 3 rings (SSSR count). The van der Waals surface area contributed by atoms with E-state index in [-0.39, 0.29) is 22.3 Å². The quantitative estimate of drug-likeness (QED) is 0.553. The summed E-state index contributed by atoms with van der Waals surface area (Å²) in [6.45, 7) is 0. The molecule has 0 aliphatic heterocycles. The Morgan fingerprint density at radius 1 is 0.840 bits per heavy atom. The molecular weight excluding hydrogens is 349 g/mol. The molecule has 0 aromatic heterocycles.